The summed E-state index contributed by atoms with van der Waals surface area (Å²) in [6.07, 6.45) is 7.05. The minimum atomic E-state index is -0.247. The predicted octanol–water partition coefficient (Wildman–Crippen LogP) is 2.26. The standard InChI is InChI=1S/C22H23N5O2/c28-21(26-12-9-19-8-4-5-11-24-19)10-15-27(17-18-6-2-1-3-7-18)22(29)20-16-23-13-14-25-20/h1-8,11,13-14,16H,9-10,12,15,17H2,(H,26,28). The van der Waals surface area contributed by atoms with Crippen molar-refractivity contribution < 1.29 is 9.59 Å². The first-order chi connectivity index (χ1) is 14.2. The van der Waals surface area contributed by atoms with Crippen molar-refractivity contribution in [2.45, 2.75) is 19.4 Å². The Morgan fingerprint density at radius 2 is 1.76 bits per heavy atom. The van der Waals surface area contributed by atoms with Crippen molar-refractivity contribution in [2.24, 2.45) is 0 Å². The van der Waals surface area contributed by atoms with E-state index >= 15 is 0 Å². The van der Waals surface area contributed by atoms with E-state index in [4.69, 9.17) is 0 Å². The van der Waals surface area contributed by atoms with E-state index < -0.39 is 0 Å². The number of nitrogens with zero attached hydrogens (tertiary/aromatic N) is 4. The smallest absolute Gasteiger partial charge is 0.274 e. The Kier molecular flexibility index (Phi) is 7.40. The van der Waals surface area contributed by atoms with Gasteiger partial charge in [0.25, 0.3) is 5.91 Å². The van der Waals surface area contributed by atoms with Crippen LogP contribution in [0.5, 0.6) is 0 Å². The first kappa shape index (κ1) is 20.1. The van der Waals surface area contributed by atoms with Crippen LogP contribution in [0.25, 0.3) is 0 Å². The summed E-state index contributed by atoms with van der Waals surface area (Å²) in [6.45, 7) is 1.20. The summed E-state index contributed by atoms with van der Waals surface area (Å²) in [5, 5.41) is 2.88. The summed E-state index contributed by atoms with van der Waals surface area (Å²) in [6, 6.07) is 15.4. The lowest BCUT2D eigenvalue weighted by molar-refractivity contribution is -0.121. The van der Waals surface area contributed by atoms with E-state index in [0.29, 0.717) is 26.1 Å². The maximum Gasteiger partial charge on any atom is 0.274 e. The first-order valence-electron chi connectivity index (χ1n) is 9.48. The largest absolute Gasteiger partial charge is 0.356 e. The van der Waals surface area contributed by atoms with Crippen molar-refractivity contribution in [3.8, 4) is 0 Å². The lowest BCUT2D eigenvalue weighted by Crippen LogP contribution is -2.35. The Labute approximate surface area is 169 Å². The molecule has 29 heavy (non-hydrogen) atoms. The molecule has 0 radical (unpaired) electrons. The van der Waals surface area contributed by atoms with Gasteiger partial charge in [0.2, 0.25) is 5.91 Å². The van der Waals surface area contributed by atoms with Gasteiger partial charge in [-0.1, -0.05) is 36.4 Å². The fourth-order valence-electron chi connectivity index (χ4n) is 2.83. The van der Waals surface area contributed by atoms with Crippen LogP contribution < -0.4 is 5.32 Å². The number of hydrogen-bond acceptors (Lipinski definition) is 5. The number of aromatic nitrogens is 3. The fourth-order valence-corrected chi connectivity index (χ4v) is 2.83. The van der Waals surface area contributed by atoms with E-state index in [-0.39, 0.29) is 23.9 Å². The summed E-state index contributed by atoms with van der Waals surface area (Å²) < 4.78 is 0. The highest BCUT2D eigenvalue weighted by Crippen LogP contribution is 2.09. The molecule has 0 atom stereocenters. The molecule has 0 aliphatic heterocycles. The van der Waals surface area contributed by atoms with Crippen molar-refractivity contribution in [1.82, 2.24) is 25.2 Å². The van der Waals surface area contributed by atoms with Crippen molar-refractivity contribution in [1.29, 1.82) is 0 Å². The van der Waals surface area contributed by atoms with Crippen molar-refractivity contribution in [3.05, 3.63) is 90.3 Å². The zero-order valence-corrected chi connectivity index (χ0v) is 16.1. The molecule has 0 fully saturated rings. The summed E-state index contributed by atoms with van der Waals surface area (Å²) in [5.41, 5.74) is 2.18. The number of nitrogens with one attached hydrogen (secondary N) is 1. The molecule has 2 aromatic heterocycles. The topological polar surface area (TPSA) is 88.1 Å². The maximum atomic E-state index is 12.8. The van der Waals surface area contributed by atoms with Crippen molar-refractivity contribution >= 4 is 11.8 Å². The van der Waals surface area contributed by atoms with Gasteiger partial charge in [-0.25, -0.2) is 4.98 Å². The Balaban J connectivity index is 1.56. The molecule has 7 heteroatoms. The first-order valence-corrected chi connectivity index (χ1v) is 9.48. The number of rotatable bonds is 9. The van der Waals surface area contributed by atoms with Gasteiger partial charge in [-0.2, -0.15) is 0 Å². The molecule has 0 spiro atoms. The molecule has 148 valence electrons. The number of pyridine rings is 1. The average molecular weight is 389 g/mol. The quantitative estimate of drug-likeness (QED) is 0.606. The minimum absolute atomic E-state index is 0.106. The van der Waals surface area contributed by atoms with Gasteiger partial charge < -0.3 is 10.2 Å². The van der Waals surface area contributed by atoms with Crippen LogP contribution >= 0.6 is 0 Å². The highest BCUT2D eigenvalue weighted by molar-refractivity contribution is 5.92. The molecule has 0 saturated carbocycles. The van der Waals surface area contributed by atoms with Gasteiger partial charge in [0.05, 0.1) is 6.20 Å². The van der Waals surface area contributed by atoms with E-state index in [0.717, 1.165) is 11.3 Å². The number of carbonyl (C=O) groups is 2. The van der Waals surface area contributed by atoms with Gasteiger partial charge in [-0.05, 0) is 17.7 Å². The molecule has 0 bridgehead atoms. The van der Waals surface area contributed by atoms with Gasteiger partial charge in [-0.3, -0.25) is 19.6 Å². The lowest BCUT2D eigenvalue weighted by Gasteiger charge is -2.22. The second-order valence-corrected chi connectivity index (χ2v) is 6.47. The lowest BCUT2D eigenvalue weighted by atomic mass is 10.2. The zero-order valence-electron chi connectivity index (χ0n) is 16.1. The molecule has 3 aromatic rings. The van der Waals surface area contributed by atoms with Crippen LogP contribution in [0.1, 0.15) is 28.2 Å². The summed E-state index contributed by atoms with van der Waals surface area (Å²) in [7, 11) is 0. The fraction of sp³-hybridized carbons (Fsp3) is 0.227. The van der Waals surface area contributed by atoms with Gasteiger partial charge >= 0.3 is 0 Å². The minimum Gasteiger partial charge on any atom is -0.356 e. The third kappa shape index (κ3) is 6.49. The Hall–Kier alpha value is -3.61. The van der Waals surface area contributed by atoms with Gasteiger partial charge in [0.1, 0.15) is 5.69 Å². The van der Waals surface area contributed by atoms with E-state index in [1.54, 1.807) is 11.1 Å². The molecular weight excluding hydrogens is 366 g/mol. The SMILES string of the molecule is O=C(CCN(Cc1ccccc1)C(=O)c1cnccn1)NCCc1ccccn1. The van der Waals surface area contributed by atoms with Crippen LogP contribution in [0.2, 0.25) is 0 Å². The molecule has 2 heterocycles. The molecule has 0 unspecified atom stereocenters. The van der Waals surface area contributed by atoms with Gasteiger partial charge in [0, 0.05) is 56.8 Å². The molecule has 0 aliphatic rings. The summed E-state index contributed by atoms with van der Waals surface area (Å²) in [5.74, 6) is -0.353. The number of carbonyl (C=O) groups excluding carboxylic acids is 2. The van der Waals surface area contributed by atoms with Crippen LogP contribution in [-0.2, 0) is 17.8 Å². The average Bonchev–Trinajstić information content (AvgIpc) is 2.78. The highest BCUT2D eigenvalue weighted by Gasteiger charge is 2.18. The van der Waals surface area contributed by atoms with Crippen LogP contribution in [-0.4, -0.2) is 44.8 Å². The molecule has 7 nitrogen and oxygen atoms in total. The van der Waals surface area contributed by atoms with E-state index in [1.807, 2.05) is 48.5 Å². The second kappa shape index (κ2) is 10.7. The van der Waals surface area contributed by atoms with Crippen molar-refractivity contribution in [2.75, 3.05) is 13.1 Å². The molecule has 2 amide bonds. The number of benzene rings is 1. The van der Waals surface area contributed by atoms with Gasteiger partial charge in [-0.15, -0.1) is 0 Å². The molecule has 1 N–H and O–H groups in total. The zero-order chi connectivity index (χ0) is 20.3. The maximum absolute atomic E-state index is 12.8. The second-order valence-electron chi connectivity index (χ2n) is 6.47. The Bertz CT molecular complexity index is 904. The highest BCUT2D eigenvalue weighted by atomic mass is 16.2. The summed E-state index contributed by atoms with van der Waals surface area (Å²) in [4.78, 5) is 39.0. The van der Waals surface area contributed by atoms with E-state index in [1.165, 1.54) is 18.6 Å². The number of amides is 2. The summed E-state index contributed by atoms with van der Waals surface area (Å²) >= 11 is 0. The Morgan fingerprint density at radius 1 is 0.931 bits per heavy atom. The van der Waals surface area contributed by atoms with Crippen LogP contribution in [0, 0.1) is 0 Å². The van der Waals surface area contributed by atoms with Crippen LogP contribution in [0.15, 0.2) is 73.3 Å². The third-order valence-corrected chi connectivity index (χ3v) is 4.32. The molecular formula is C22H23N5O2. The normalized spacial score (nSPS) is 10.3. The molecule has 1 aromatic carbocycles. The van der Waals surface area contributed by atoms with Gasteiger partial charge in [0.15, 0.2) is 0 Å². The van der Waals surface area contributed by atoms with E-state index in [9.17, 15) is 9.59 Å². The number of hydrogen-bond donors (Lipinski definition) is 1. The molecule has 0 saturated heterocycles. The van der Waals surface area contributed by atoms with E-state index in [2.05, 4.69) is 20.3 Å². The molecule has 0 aliphatic carbocycles. The third-order valence-electron chi connectivity index (χ3n) is 4.32. The van der Waals surface area contributed by atoms with Crippen LogP contribution in [0.4, 0.5) is 0 Å². The van der Waals surface area contributed by atoms with Crippen LogP contribution in [0.3, 0.4) is 0 Å². The molecule has 3 rings (SSSR count). The van der Waals surface area contributed by atoms with Crippen molar-refractivity contribution in [3.63, 3.8) is 0 Å². The monoisotopic (exact) mass is 389 g/mol. The predicted molar refractivity (Wildman–Crippen MR) is 109 cm³/mol. The Morgan fingerprint density at radius 3 is 2.48 bits per heavy atom.